The van der Waals surface area contributed by atoms with E-state index in [1.165, 1.54) is 0 Å². The molecule has 2 N–H and O–H groups in total. The second-order valence-electron chi connectivity index (χ2n) is 6.13. The highest BCUT2D eigenvalue weighted by Crippen LogP contribution is 2.10. The zero-order valence-electron chi connectivity index (χ0n) is 15.7. The summed E-state index contributed by atoms with van der Waals surface area (Å²) in [6, 6.07) is 17.2. The maximum atomic E-state index is 12.4. The van der Waals surface area contributed by atoms with Crippen LogP contribution in [0.25, 0.3) is 4.98 Å². The van der Waals surface area contributed by atoms with Gasteiger partial charge in [0.15, 0.2) is 10.7 Å². The SMILES string of the molecule is N#[N+]C=C(O)CCC(NC(=O)OCc1ccccc1)C(=O)OCc1ccccc1. The summed E-state index contributed by atoms with van der Waals surface area (Å²) in [5, 5.41) is 20.5. The Morgan fingerprint density at radius 1 is 1.00 bits per heavy atom. The number of aliphatic hydroxyl groups excluding tert-OH is 1. The van der Waals surface area contributed by atoms with E-state index in [4.69, 9.17) is 14.9 Å². The Balaban J connectivity index is 1.93. The Bertz CT molecular complexity index is 863. The molecule has 0 fully saturated rings. The molecule has 8 heteroatoms. The maximum absolute atomic E-state index is 12.4. The van der Waals surface area contributed by atoms with E-state index < -0.39 is 18.1 Å². The number of alkyl carbamates (subject to hydrolysis) is 1. The van der Waals surface area contributed by atoms with Crippen LogP contribution in [0.5, 0.6) is 0 Å². The molecule has 8 nitrogen and oxygen atoms in total. The van der Waals surface area contributed by atoms with Crippen LogP contribution in [0.15, 0.2) is 72.6 Å². The second-order valence-corrected chi connectivity index (χ2v) is 6.13. The van der Waals surface area contributed by atoms with Crippen molar-refractivity contribution in [2.24, 2.45) is 0 Å². The van der Waals surface area contributed by atoms with E-state index in [1.54, 1.807) is 24.3 Å². The molecule has 0 aliphatic carbocycles. The molecule has 0 spiro atoms. The van der Waals surface area contributed by atoms with E-state index >= 15 is 0 Å². The van der Waals surface area contributed by atoms with Crippen LogP contribution in [0.2, 0.25) is 0 Å². The number of diazo groups is 1. The lowest BCUT2D eigenvalue weighted by atomic mass is 10.1. The predicted octanol–water partition coefficient (Wildman–Crippen LogP) is 4.06. The lowest BCUT2D eigenvalue weighted by molar-refractivity contribution is -0.147. The van der Waals surface area contributed by atoms with Crippen LogP contribution in [0.1, 0.15) is 24.0 Å². The maximum Gasteiger partial charge on any atom is 0.408 e. The van der Waals surface area contributed by atoms with Crippen LogP contribution in [-0.2, 0) is 27.5 Å². The summed E-state index contributed by atoms with van der Waals surface area (Å²) in [6.45, 7) is 0.0950. The molecule has 1 unspecified atom stereocenters. The summed E-state index contributed by atoms with van der Waals surface area (Å²) < 4.78 is 10.4. The molecule has 0 heterocycles. The van der Waals surface area contributed by atoms with Crippen LogP contribution >= 0.6 is 0 Å². The number of esters is 1. The molecule has 150 valence electrons. The molecule has 2 aromatic rings. The van der Waals surface area contributed by atoms with Crippen molar-refractivity contribution in [3.05, 3.63) is 88.7 Å². The molecule has 0 bridgehead atoms. The number of nitrogens with one attached hydrogen (secondary N) is 1. The molecule has 0 saturated heterocycles. The van der Waals surface area contributed by atoms with Crippen LogP contribution < -0.4 is 5.32 Å². The van der Waals surface area contributed by atoms with E-state index in [0.717, 1.165) is 17.3 Å². The molecule has 0 aromatic heterocycles. The number of carbonyl (C=O) groups is 2. The summed E-state index contributed by atoms with van der Waals surface area (Å²) in [6.07, 6.45) is 0.0889. The Hall–Kier alpha value is -3.86. The summed E-state index contributed by atoms with van der Waals surface area (Å²) in [4.78, 5) is 27.2. The standard InChI is InChI=1S/C21H21N3O5/c22-23-13-18(25)11-12-19(20(26)28-14-16-7-3-1-4-8-16)24-21(27)29-15-17-9-5-2-6-10-17/h1-10,13,19H,11-12,14-15H2,(H-,24,25,27)/p+1. The van der Waals surface area contributed by atoms with Crippen molar-refractivity contribution in [2.45, 2.75) is 32.1 Å². The third kappa shape index (κ3) is 8.13. The van der Waals surface area contributed by atoms with Gasteiger partial charge >= 0.3 is 18.3 Å². The smallest absolute Gasteiger partial charge is 0.408 e. The number of hydrogen-bond acceptors (Lipinski definition) is 6. The fourth-order valence-electron chi connectivity index (χ4n) is 2.41. The number of rotatable bonds is 9. The van der Waals surface area contributed by atoms with Gasteiger partial charge in [-0.1, -0.05) is 60.7 Å². The first kappa shape index (κ1) is 21.4. The van der Waals surface area contributed by atoms with Gasteiger partial charge in [0.1, 0.15) is 19.3 Å². The molecular weight excluding hydrogens is 374 g/mol. The van der Waals surface area contributed by atoms with Gasteiger partial charge in [0.05, 0.1) is 0 Å². The molecule has 2 rings (SSSR count). The van der Waals surface area contributed by atoms with Gasteiger partial charge in [0.2, 0.25) is 5.39 Å². The van der Waals surface area contributed by atoms with Gasteiger partial charge in [-0.2, -0.15) is 0 Å². The van der Waals surface area contributed by atoms with Crippen molar-refractivity contribution in [1.29, 1.82) is 5.39 Å². The van der Waals surface area contributed by atoms with E-state index in [2.05, 4.69) is 10.3 Å². The van der Waals surface area contributed by atoms with E-state index in [-0.39, 0.29) is 31.8 Å². The van der Waals surface area contributed by atoms with Gasteiger partial charge in [0.25, 0.3) is 0 Å². The predicted molar refractivity (Wildman–Crippen MR) is 105 cm³/mol. The van der Waals surface area contributed by atoms with Crippen LogP contribution in [0.4, 0.5) is 4.79 Å². The summed E-state index contributed by atoms with van der Waals surface area (Å²) in [5.41, 5.74) is 1.60. The van der Waals surface area contributed by atoms with Gasteiger partial charge < -0.3 is 19.9 Å². The van der Waals surface area contributed by atoms with Gasteiger partial charge in [-0.15, -0.1) is 0 Å². The van der Waals surface area contributed by atoms with Gasteiger partial charge in [-0.25, -0.2) is 9.59 Å². The van der Waals surface area contributed by atoms with Gasteiger partial charge in [-0.05, 0) is 17.5 Å². The third-order valence-corrected chi connectivity index (χ3v) is 3.91. The van der Waals surface area contributed by atoms with Crippen molar-refractivity contribution in [3.8, 4) is 0 Å². The fraction of sp³-hybridized carbons (Fsp3) is 0.238. The molecule has 29 heavy (non-hydrogen) atoms. The largest absolute Gasteiger partial charge is 0.505 e. The Labute approximate surface area is 168 Å². The molecule has 0 saturated carbocycles. The minimum atomic E-state index is -1.05. The minimum absolute atomic E-state index is 0.00582. The molecule has 1 amide bonds. The van der Waals surface area contributed by atoms with Crippen LogP contribution in [0, 0.1) is 5.39 Å². The Kier molecular flexibility index (Phi) is 8.70. The van der Waals surface area contributed by atoms with Crippen molar-refractivity contribution >= 4 is 12.1 Å². The number of nitrogens with zero attached hydrogens (tertiary/aromatic N) is 2. The molecule has 0 aliphatic rings. The molecule has 0 radical (unpaired) electrons. The average molecular weight is 396 g/mol. The molecule has 2 aromatic carbocycles. The molecular formula is C21H22N3O5+. The van der Waals surface area contributed by atoms with Crippen molar-refractivity contribution in [1.82, 2.24) is 5.32 Å². The highest BCUT2D eigenvalue weighted by molar-refractivity contribution is 5.81. The normalized spacial score (nSPS) is 11.8. The number of amides is 1. The zero-order valence-corrected chi connectivity index (χ0v) is 15.7. The second kappa shape index (κ2) is 11.8. The quantitative estimate of drug-likeness (QED) is 0.375. The number of carbonyl (C=O) groups excluding carboxylic acids is 2. The first-order valence-corrected chi connectivity index (χ1v) is 8.98. The lowest BCUT2D eigenvalue weighted by Crippen LogP contribution is -2.42. The topological polar surface area (TPSA) is 113 Å². The highest BCUT2D eigenvalue weighted by atomic mass is 16.6. The zero-order chi connectivity index (χ0) is 20.9. The summed E-state index contributed by atoms with van der Waals surface area (Å²) in [7, 11) is 0. The van der Waals surface area contributed by atoms with Crippen molar-refractivity contribution < 1.29 is 24.2 Å². The molecule has 1 atom stereocenters. The molecule has 0 aliphatic heterocycles. The number of hydrogen-bond donors (Lipinski definition) is 2. The monoisotopic (exact) mass is 396 g/mol. The lowest BCUT2D eigenvalue weighted by Gasteiger charge is -2.17. The summed E-state index contributed by atoms with van der Waals surface area (Å²) in [5.74, 6) is -0.910. The average Bonchev–Trinajstić information content (AvgIpc) is 2.75. The number of aliphatic hydroxyl groups is 1. The van der Waals surface area contributed by atoms with E-state index in [0.29, 0.717) is 0 Å². The number of allylic oxidation sites excluding steroid dienone is 1. The third-order valence-electron chi connectivity index (χ3n) is 3.91. The fourth-order valence-corrected chi connectivity index (χ4v) is 2.41. The van der Waals surface area contributed by atoms with E-state index in [1.807, 2.05) is 36.4 Å². The number of ether oxygens (including phenoxy) is 2. The first-order valence-electron chi connectivity index (χ1n) is 8.98. The van der Waals surface area contributed by atoms with Crippen LogP contribution in [-0.4, -0.2) is 23.2 Å². The Morgan fingerprint density at radius 3 is 2.10 bits per heavy atom. The van der Waals surface area contributed by atoms with E-state index in [9.17, 15) is 14.7 Å². The first-order chi connectivity index (χ1) is 14.1. The van der Waals surface area contributed by atoms with Gasteiger partial charge in [-0.3, -0.25) is 0 Å². The van der Waals surface area contributed by atoms with Gasteiger partial charge in [0, 0.05) is 6.42 Å². The van der Waals surface area contributed by atoms with Crippen LogP contribution in [0.3, 0.4) is 0 Å². The summed E-state index contributed by atoms with van der Waals surface area (Å²) >= 11 is 0. The minimum Gasteiger partial charge on any atom is -0.505 e. The Morgan fingerprint density at radius 2 is 1.55 bits per heavy atom. The van der Waals surface area contributed by atoms with Crippen molar-refractivity contribution in [2.75, 3.05) is 0 Å². The van der Waals surface area contributed by atoms with Crippen molar-refractivity contribution in [3.63, 3.8) is 0 Å². The highest BCUT2D eigenvalue weighted by Gasteiger charge is 2.24. The number of benzene rings is 2.